The Bertz CT molecular complexity index is 924. The molecule has 1 aromatic carbocycles. The number of anilines is 1. The molecule has 2 aromatic heterocycles. The number of aryl methyl sites for hydroxylation is 1. The zero-order chi connectivity index (χ0) is 18.6. The van der Waals surface area contributed by atoms with E-state index in [4.69, 9.17) is 0 Å². The van der Waals surface area contributed by atoms with Crippen molar-refractivity contribution in [3.8, 4) is 11.3 Å². The highest BCUT2D eigenvalue weighted by Crippen LogP contribution is 2.26. The van der Waals surface area contributed by atoms with Gasteiger partial charge in [0.15, 0.2) is 0 Å². The molecule has 1 aliphatic heterocycles. The second-order valence-corrected chi connectivity index (χ2v) is 6.80. The van der Waals surface area contributed by atoms with Crippen molar-refractivity contribution in [3.63, 3.8) is 0 Å². The number of nitrogens with one attached hydrogen (secondary N) is 2. The van der Waals surface area contributed by atoms with E-state index in [1.165, 1.54) is 0 Å². The van der Waals surface area contributed by atoms with Gasteiger partial charge in [-0.3, -0.25) is 5.10 Å². The fourth-order valence-corrected chi connectivity index (χ4v) is 3.49. The van der Waals surface area contributed by atoms with Crippen molar-refractivity contribution < 1.29 is 4.79 Å². The maximum absolute atomic E-state index is 12.7. The van der Waals surface area contributed by atoms with Crippen LogP contribution in [0, 0.1) is 6.92 Å². The van der Waals surface area contributed by atoms with E-state index in [1.54, 1.807) is 12.4 Å². The number of aromatic nitrogens is 4. The highest BCUT2D eigenvalue weighted by molar-refractivity contribution is 5.90. The van der Waals surface area contributed by atoms with Gasteiger partial charge in [-0.05, 0) is 44.0 Å². The van der Waals surface area contributed by atoms with E-state index in [2.05, 4.69) is 25.5 Å². The average Bonchev–Trinajstić information content (AvgIpc) is 3.23. The fourth-order valence-electron chi connectivity index (χ4n) is 3.49. The molecule has 0 radical (unpaired) electrons. The van der Waals surface area contributed by atoms with Crippen molar-refractivity contribution in [1.82, 2.24) is 25.1 Å². The van der Waals surface area contributed by atoms with Gasteiger partial charge in [-0.2, -0.15) is 5.10 Å². The lowest BCUT2D eigenvalue weighted by Crippen LogP contribution is -2.41. The van der Waals surface area contributed by atoms with Crippen LogP contribution >= 0.6 is 0 Å². The van der Waals surface area contributed by atoms with Crippen LogP contribution in [-0.2, 0) is 0 Å². The van der Waals surface area contributed by atoms with Crippen molar-refractivity contribution in [2.24, 2.45) is 0 Å². The molecule has 0 unspecified atom stereocenters. The summed E-state index contributed by atoms with van der Waals surface area (Å²) in [6.45, 7) is 3.32. The van der Waals surface area contributed by atoms with E-state index in [9.17, 15) is 4.79 Å². The van der Waals surface area contributed by atoms with Crippen molar-refractivity contribution in [2.75, 3.05) is 18.4 Å². The lowest BCUT2D eigenvalue weighted by molar-refractivity contribution is 0.192. The van der Waals surface area contributed by atoms with E-state index < -0.39 is 0 Å². The van der Waals surface area contributed by atoms with Crippen LogP contribution < -0.4 is 5.32 Å². The number of H-pyrrole nitrogens is 1. The van der Waals surface area contributed by atoms with Gasteiger partial charge in [-0.25, -0.2) is 14.8 Å². The van der Waals surface area contributed by atoms with Gasteiger partial charge in [0.05, 0.1) is 5.69 Å². The summed E-state index contributed by atoms with van der Waals surface area (Å²) in [4.78, 5) is 23.2. The van der Waals surface area contributed by atoms with E-state index in [0.717, 1.165) is 47.8 Å². The Morgan fingerprint density at radius 3 is 3.00 bits per heavy atom. The van der Waals surface area contributed by atoms with Crippen molar-refractivity contribution in [3.05, 3.63) is 60.3 Å². The molecular formula is C20H22N6O. The number of likely N-dealkylation sites (tertiary alicyclic amines) is 1. The molecule has 27 heavy (non-hydrogen) atoms. The number of hydrogen-bond donors (Lipinski definition) is 2. The number of nitrogens with zero attached hydrogens (tertiary/aromatic N) is 4. The van der Waals surface area contributed by atoms with Gasteiger partial charge in [0.2, 0.25) is 0 Å². The first-order chi connectivity index (χ1) is 13.2. The van der Waals surface area contributed by atoms with Gasteiger partial charge in [0.25, 0.3) is 0 Å². The lowest BCUT2D eigenvalue weighted by atomic mass is 9.95. The first-order valence-electron chi connectivity index (χ1n) is 9.14. The Hall–Kier alpha value is -3.22. The summed E-state index contributed by atoms with van der Waals surface area (Å²) in [6.07, 6.45) is 5.55. The Morgan fingerprint density at radius 1 is 1.26 bits per heavy atom. The highest BCUT2D eigenvalue weighted by Gasteiger charge is 2.25. The minimum absolute atomic E-state index is 0.0739. The van der Waals surface area contributed by atoms with Crippen molar-refractivity contribution >= 4 is 11.7 Å². The number of benzene rings is 1. The zero-order valence-corrected chi connectivity index (χ0v) is 15.2. The maximum Gasteiger partial charge on any atom is 0.321 e. The zero-order valence-electron chi connectivity index (χ0n) is 15.2. The summed E-state index contributed by atoms with van der Waals surface area (Å²) < 4.78 is 0. The number of carbonyl (C=O) groups is 1. The summed E-state index contributed by atoms with van der Waals surface area (Å²) in [7, 11) is 0. The van der Waals surface area contributed by atoms with Crippen LogP contribution in [0.5, 0.6) is 0 Å². The third-order valence-electron chi connectivity index (χ3n) is 4.86. The molecule has 0 saturated carbocycles. The number of amides is 2. The summed E-state index contributed by atoms with van der Waals surface area (Å²) in [5.74, 6) is 1.03. The molecule has 1 aliphatic rings. The van der Waals surface area contributed by atoms with Crippen molar-refractivity contribution in [1.29, 1.82) is 0 Å². The van der Waals surface area contributed by atoms with E-state index in [1.807, 2.05) is 48.2 Å². The standard InChI is InChI=1S/C20H22N6O/c1-14-21-9-7-18(23-14)15-4-2-6-17(12-15)24-20(27)26-11-3-5-16(13-26)19-8-10-22-25-19/h2,4,6-10,12,16H,3,5,11,13H2,1H3,(H,22,25)(H,24,27)/t16-/m1/s1. The molecule has 1 fully saturated rings. The Labute approximate surface area is 157 Å². The van der Waals surface area contributed by atoms with Crippen molar-refractivity contribution in [2.45, 2.75) is 25.7 Å². The topological polar surface area (TPSA) is 86.8 Å². The number of aromatic amines is 1. The van der Waals surface area contributed by atoms with Gasteiger partial charge in [0, 0.05) is 48.3 Å². The molecule has 2 N–H and O–H groups in total. The number of rotatable bonds is 3. The van der Waals surface area contributed by atoms with E-state index in [0.29, 0.717) is 12.5 Å². The van der Waals surface area contributed by atoms with Crippen LogP contribution in [0.15, 0.2) is 48.8 Å². The minimum Gasteiger partial charge on any atom is -0.324 e. The SMILES string of the molecule is Cc1nccc(-c2cccc(NC(=O)N3CCC[C@@H](c4ccn[nH]4)C3)c2)n1. The summed E-state index contributed by atoms with van der Waals surface area (Å²) >= 11 is 0. The van der Waals surface area contributed by atoms with Gasteiger partial charge >= 0.3 is 6.03 Å². The number of piperidine rings is 1. The summed E-state index contributed by atoms with van der Waals surface area (Å²) in [5, 5.41) is 10.1. The van der Waals surface area contributed by atoms with Crippen LogP contribution in [-0.4, -0.2) is 44.2 Å². The molecule has 1 saturated heterocycles. The molecule has 138 valence electrons. The molecule has 0 bridgehead atoms. The first-order valence-corrected chi connectivity index (χ1v) is 9.14. The third-order valence-corrected chi connectivity index (χ3v) is 4.86. The van der Waals surface area contributed by atoms with Crippen LogP contribution in [0.1, 0.15) is 30.3 Å². The average molecular weight is 362 g/mol. The fraction of sp³-hybridized carbons (Fsp3) is 0.300. The third kappa shape index (κ3) is 3.97. The summed E-state index contributed by atoms with van der Waals surface area (Å²) in [6, 6.07) is 11.5. The Morgan fingerprint density at radius 2 is 2.19 bits per heavy atom. The highest BCUT2D eigenvalue weighted by atomic mass is 16.2. The molecule has 7 heteroatoms. The molecule has 3 aromatic rings. The van der Waals surface area contributed by atoms with Gasteiger partial charge < -0.3 is 10.2 Å². The van der Waals surface area contributed by atoms with E-state index >= 15 is 0 Å². The number of hydrogen-bond acceptors (Lipinski definition) is 4. The van der Waals surface area contributed by atoms with Gasteiger partial charge in [-0.1, -0.05) is 12.1 Å². The van der Waals surface area contributed by atoms with Crippen LogP contribution in [0.4, 0.5) is 10.5 Å². The van der Waals surface area contributed by atoms with Gasteiger partial charge in [0.1, 0.15) is 5.82 Å². The molecule has 0 aliphatic carbocycles. The lowest BCUT2D eigenvalue weighted by Gasteiger charge is -2.32. The molecule has 1 atom stereocenters. The molecular weight excluding hydrogens is 340 g/mol. The summed E-state index contributed by atoms with van der Waals surface area (Å²) in [5.41, 5.74) is 3.65. The van der Waals surface area contributed by atoms with Crippen LogP contribution in [0.3, 0.4) is 0 Å². The second kappa shape index (κ2) is 7.57. The second-order valence-electron chi connectivity index (χ2n) is 6.80. The normalized spacial score (nSPS) is 16.9. The molecule has 0 spiro atoms. The first kappa shape index (κ1) is 17.2. The monoisotopic (exact) mass is 362 g/mol. The molecule has 3 heterocycles. The van der Waals surface area contributed by atoms with Crippen LogP contribution in [0.25, 0.3) is 11.3 Å². The predicted molar refractivity (Wildman–Crippen MR) is 103 cm³/mol. The quantitative estimate of drug-likeness (QED) is 0.745. The molecule has 7 nitrogen and oxygen atoms in total. The van der Waals surface area contributed by atoms with Gasteiger partial charge in [-0.15, -0.1) is 0 Å². The smallest absolute Gasteiger partial charge is 0.321 e. The number of urea groups is 1. The van der Waals surface area contributed by atoms with Crippen LogP contribution in [0.2, 0.25) is 0 Å². The maximum atomic E-state index is 12.7. The minimum atomic E-state index is -0.0739. The largest absolute Gasteiger partial charge is 0.324 e. The Balaban J connectivity index is 1.46. The molecule has 4 rings (SSSR count). The Kier molecular flexibility index (Phi) is 4.82. The molecule has 2 amide bonds. The predicted octanol–water partition coefficient (Wildman–Crippen LogP) is 3.59. The number of carbonyl (C=O) groups excluding carboxylic acids is 1. The van der Waals surface area contributed by atoms with E-state index in [-0.39, 0.29) is 6.03 Å².